The van der Waals surface area contributed by atoms with Crippen molar-refractivity contribution >= 4 is 0 Å². The van der Waals surface area contributed by atoms with E-state index in [0.29, 0.717) is 6.04 Å². The zero-order chi connectivity index (χ0) is 11.8. The zero-order valence-corrected chi connectivity index (χ0v) is 10.9. The summed E-state index contributed by atoms with van der Waals surface area (Å²) in [5.41, 5.74) is 1.34. The molecule has 3 nitrogen and oxygen atoms in total. The molecule has 0 spiro atoms. The Labute approximate surface area is 99.2 Å². The molecule has 0 amide bonds. The van der Waals surface area contributed by atoms with E-state index in [1.54, 1.807) is 0 Å². The van der Waals surface area contributed by atoms with E-state index < -0.39 is 0 Å². The van der Waals surface area contributed by atoms with Gasteiger partial charge in [0.05, 0.1) is 5.69 Å². The van der Waals surface area contributed by atoms with Crippen LogP contribution < -0.4 is 5.32 Å². The van der Waals surface area contributed by atoms with Crippen LogP contribution in [0.4, 0.5) is 0 Å². The first kappa shape index (κ1) is 13.2. The molecule has 0 saturated carbocycles. The van der Waals surface area contributed by atoms with E-state index in [1.165, 1.54) is 31.4 Å². The summed E-state index contributed by atoms with van der Waals surface area (Å²) >= 11 is 0. The van der Waals surface area contributed by atoms with Gasteiger partial charge in [-0.15, -0.1) is 0 Å². The van der Waals surface area contributed by atoms with Crippen LogP contribution >= 0.6 is 0 Å². The summed E-state index contributed by atoms with van der Waals surface area (Å²) in [7, 11) is 0. The molecule has 1 aromatic heterocycles. The normalized spacial score (nSPS) is 12.9. The maximum Gasteiger partial charge on any atom is 0.0553 e. The van der Waals surface area contributed by atoms with Crippen molar-refractivity contribution in [2.24, 2.45) is 0 Å². The average molecular weight is 223 g/mol. The van der Waals surface area contributed by atoms with E-state index in [-0.39, 0.29) is 0 Å². The molecular formula is C13H25N3. The second-order valence-corrected chi connectivity index (χ2v) is 4.22. The molecule has 1 aromatic rings. The van der Waals surface area contributed by atoms with Crippen LogP contribution in [0.2, 0.25) is 0 Å². The molecule has 1 atom stereocenters. The number of nitrogens with one attached hydrogen (secondary N) is 1. The molecule has 1 unspecified atom stereocenters. The van der Waals surface area contributed by atoms with Gasteiger partial charge in [0.1, 0.15) is 0 Å². The zero-order valence-electron chi connectivity index (χ0n) is 10.9. The summed E-state index contributed by atoms with van der Waals surface area (Å²) in [5, 5.41) is 7.97. The molecule has 3 heteroatoms. The van der Waals surface area contributed by atoms with Crippen LogP contribution in [0.15, 0.2) is 12.3 Å². The van der Waals surface area contributed by atoms with Crippen LogP contribution in [0.5, 0.6) is 0 Å². The predicted octanol–water partition coefficient (Wildman–Crippen LogP) is 3.13. The number of hydrogen-bond acceptors (Lipinski definition) is 2. The summed E-state index contributed by atoms with van der Waals surface area (Å²) in [6.45, 7) is 8.64. The van der Waals surface area contributed by atoms with Gasteiger partial charge in [-0.1, -0.05) is 26.7 Å². The minimum Gasteiger partial charge on any atom is -0.309 e. The third-order valence-corrected chi connectivity index (χ3v) is 2.89. The quantitative estimate of drug-likeness (QED) is 0.734. The van der Waals surface area contributed by atoms with Gasteiger partial charge in [0.25, 0.3) is 0 Å². The van der Waals surface area contributed by atoms with Gasteiger partial charge in [0, 0.05) is 18.8 Å². The molecule has 0 aromatic carbocycles. The highest BCUT2D eigenvalue weighted by atomic mass is 15.3. The summed E-state index contributed by atoms with van der Waals surface area (Å²) in [4.78, 5) is 0. The SMILES string of the molecule is CCCCC(NCCC)c1ccnn1CC. The van der Waals surface area contributed by atoms with Crippen LogP contribution in [0, 0.1) is 0 Å². The number of aryl methyl sites for hydroxylation is 1. The highest BCUT2D eigenvalue weighted by Gasteiger charge is 2.13. The molecule has 1 rings (SSSR count). The van der Waals surface area contributed by atoms with Crippen molar-refractivity contribution in [3.05, 3.63) is 18.0 Å². The third kappa shape index (κ3) is 3.63. The van der Waals surface area contributed by atoms with Crippen LogP contribution in [0.25, 0.3) is 0 Å². The molecule has 0 fully saturated rings. The Balaban J connectivity index is 2.66. The summed E-state index contributed by atoms with van der Waals surface area (Å²) < 4.78 is 2.10. The van der Waals surface area contributed by atoms with Gasteiger partial charge < -0.3 is 5.32 Å². The minimum atomic E-state index is 0.474. The van der Waals surface area contributed by atoms with Gasteiger partial charge in [-0.3, -0.25) is 4.68 Å². The molecule has 0 saturated heterocycles. The molecule has 0 aliphatic carbocycles. The van der Waals surface area contributed by atoms with Gasteiger partial charge in [-0.25, -0.2) is 0 Å². The van der Waals surface area contributed by atoms with Crippen molar-refractivity contribution in [1.29, 1.82) is 0 Å². The number of rotatable bonds is 8. The van der Waals surface area contributed by atoms with E-state index in [9.17, 15) is 0 Å². The minimum absolute atomic E-state index is 0.474. The summed E-state index contributed by atoms with van der Waals surface area (Å²) in [6, 6.07) is 2.62. The van der Waals surface area contributed by atoms with E-state index in [2.05, 4.69) is 41.9 Å². The fourth-order valence-electron chi connectivity index (χ4n) is 1.98. The Kier molecular flexibility index (Phi) is 6.16. The number of unbranched alkanes of at least 4 members (excludes halogenated alkanes) is 1. The standard InChI is InChI=1S/C13H25N3/c1-4-7-8-12(14-10-5-2)13-9-11-15-16(13)6-3/h9,11-12,14H,4-8,10H2,1-3H3. The second-order valence-electron chi connectivity index (χ2n) is 4.22. The van der Waals surface area contributed by atoms with Crippen LogP contribution in [0.1, 0.15) is 58.2 Å². The van der Waals surface area contributed by atoms with E-state index in [1.807, 2.05) is 6.20 Å². The number of hydrogen-bond donors (Lipinski definition) is 1. The first-order chi connectivity index (χ1) is 7.83. The maximum atomic E-state index is 4.35. The van der Waals surface area contributed by atoms with Crippen LogP contribution in [0.3, 0.4) is 0 Å². The van der Waals surface area contributed by atoms with Gasteiger partial charge in [0.2, 0.25) is 0 Å². The van der Waals surface area contributed by atoms with E-state index in [4.69, 9.17) is 0 Å². The molecule has 16 heavy (non-hydrogen) atoms. The monoisotopic (exact) mass is 223 g/mol. The van der Waals surface area contributed by atoms with Crippen molar-refractivity contribution in [2.45, 2.75) is 59.0 Å². The fraction of sp³-hybridized carbons (Fsp3) is 0.769. The van der Waals surface area contributed by atoms with Crippen molar-refractivity contribution in [1.82, 2.24) is 15.1 Å². The fourth-order valence-corrected chi connectivity index (χ4v) is 1.98. The first-order valence-corrected chi connectivity index (χ1v) is 6.58. The Bertz CT molecular complexity index is 272. The van der Waals surface area contributed by atoms with Gasteiger partial charge in [0.15, 0.2) is 0 Å². The smallest absolute Gasteiger partial charge is 0.0553 e. The first-order valence-electron chi connectivity index (χ1n) is 6.58. The lowest BCUT2D eigenvalue weighted by atomic mass is 10.1. The largest absolute Gasteiger partial charge is 0.309 e. The Morgan fingerprint density at radius 3 is 2.75 bits per heavy atom. The van der Waals surface area contributed by atoms with Crippen molar-refractivity contribution in [3.63, 3.8) is 0 Å². The van der Waals surface area contributed by atoms with Crippen molar-refractivity contribution in [2.75, 3.05) is 6.54 Å². The van der Waals surface area contributed by atoms with E-state index >= 15 is 0 Å². The van der Waals surface area contributed by atoms with Crippen LogP contribution in [-0.4, -0.2) is 16.3 Å². The lowest BCUT2D eigenvalue weighted by Crippen LogP contribution is -2.24. The summed E-state index contributed by atoms with van der Waals surface area (Å²) in [6.07, 6.45) is 6.83. The van der Waals surface area contributed by atoms with Gasteiger partial charge in [-0.05, 0) is 32.4 Å². The third-order valence-electron chi connectivity index (χ3n) is 2.89. The topological polar surface area (TPSA) is 29.9 Å². The Hall–Kier alpha value is -0.830. The van der Waals surface area contributed by atoms with Crippen molar-refractivity contribution in [3.8, 4) is 0 Å². The summed E-state index contributed by atoms with van der Waals surface area (Å²) in [5.74, 6) is 0. The van der Waals surface area contributed by atoms with Gasteiger partial charge in [-0.2, -0.15) is 5.10 Å². The number of nitrogens with zero attached hydrogens (tertiary/aromatic N) is 2. The second kappa shape index (κ2) is 7.44. The molecule has 0 aliphatic rings. The molecule has 92 valence electrons. The van der Waals surface area contributed by atoms with Crippen molar-refractivity contribution < 1.29 is 0 Å². The number of aromatic nitrogens is 2. The predicted molar refractivity (Wildman–Crippen MR) is 68.5 cm³/mol. The molecule has 0 bridgehead atoms. The lowest BCUT2D eigenvalue weighted by Gasteiger charge is -2.19. The molecule has 1 N–H and O–H groups in total. The lowest BCUT2D eigenvalue weighted by molar-refractivity contribution is 0.444. The van der Waals surface area contributed by atoms with E-state index in [0.717, 1.165) is 13.1 Å². The highest BCUT2D eigenvalue weighted by molar-refractivity contribution is 5.07. The Morgan fingerprint density at radius 1 is 1.31 bits per heavy atom. The van der Waals surface area contributed by atoms with Gasteiger partial charge >= 0.3 is 0 Å². The van der Waals surface area contributed by atoms with Crippen LogP contribution in [-0.2, 0) is 6.54 Å². The molecular weight excluding hydrogens is 198 g/mol. The highest BCUT2D eigenvalue weighted by Crippen LogP contribution is 2.19. The maximum absolute atomic E-state index is 4.35. The molecule has 0 radical (unpaired) electrons. The molecule has 1 heterocycles. The molecule has 0 aliphatic heterocycles. The Morgan fingerprint density at radius 2 is 2.12 bits per heavy atom. The average Bonchev–Trinajstić information content (AvgIpc) is 2.77.